The Balaban J connectivity index is 1.74. The van der Waals surface area contributed by atoms with Crippen LogP contribution in [0.25, 0.3) is 20.7 Å². The van der Waals surface area contributed by atoms with Crippen molar-refractivity contribution in [2.24, 2.45) is 0 Å². The summed E-state index contributed by atoms with van der Waals surface area (Å²) in [4.78, 5) is 10.1. The van der Waals surface area contributed by atoms with Gasteiger partial charge in [-0.25, -0.2) is 14.6 Å². The van der Waals surface area contributed by atoms with Gasteiger partial charge in [0.25, 0.3) is 5.82 Å². The molecule has 132 valence electrons. The van der Waals surface area contributed by atoms with Crippen molar-refractivity contribution >= 4 is 33.3 Å². The molecule has 2 N–H and O–H groups in total. The molecule has 1 aromatic carbocycles. The van der Waals surface area contributed by atoms with Gasteiger partial charge in [-0.1, -0.05) is 30.3 Å². The van der Waals surface area contributed by atoms with Gasteiger partial charge in [0.15, 0.2) is 0 Å². The van der Waals surface area contributed by atoms with Crippen molar-refractivity contribution in [1.82, 2.24) is 24.8 Å². The van der Waals surface area contributed by atoms with Crippen LogP contribution in [0.1, 0.15) is 5.82 Å². The van der Waals surface area contributed by atoms with E-state index < -0.39 is 12.0 Å². The Morgan fingerprint density at radius 2 is 1.85 bits per heavy atom. The largest absolute Gasteiger partial charge is 0.453 e. The number of benzene rings is 1. The minimum Gasteiger partial charge on any atom is -0.335 e. The Hall–Kier alpha value is -2.66. The number of hydrogen-bond donors (Lipinski definition) is 1. The standard InChI is InChI=1S/C15H9F3N6S2/c16-15(17,18)13-22-23-14(24(13)19)26-12-9-6-10(8-4-2-1-3-5-8)25-11(9)20-7-21-12/h1-7H,19H2. The van der Waals surface area contributed by atoms with Crippen LogP contribution in [0.3, 0.4) is 0 Å². The summed E-state index contributed by atoms with van der Waals surface area (Å²) < 4.78 is 38.8. The van der Waals surface area contributed by atoms with Gasteiger partial charge in [0.05, 0.1) is 0 Å². The van der Waals surface area contributed by atoms with E-state index in [-0.39, 0.29) is 5.16 Å². The molecular formula is C15H9F3N6S2. The van der Waals surface area contributed by atoms with Crippen molar-refractivity contribution in [1.29, 1.82) is 0 Å². The lowest BCUT2D eigenvalue weighted by Gasteiger charge is -2.05. The maximum absolute atomic E-state index is 12.8. The maximum Gasteiger partial charge on any atom is 0.453 e. The van der Waals surface area contributed by atoms with Gasteiger partial charge in [-0.3, -0.25) is 0 Å². The minimum atomic E-state index is -4.68. The molecule has 0 radical (unpaired) electrons. The van der Waals surface area contributed by atoms with Crippen molar-refractivity contribution in [3.8, 4) is 10.4 Å². The van der Waals surface area contributed by atoms with E-state index in [0.29, 0.717) is 9.70 Å². The Morgan fingerprint density at radius 1 is 1.08 bits per heavy atom. The molecular weight excluding hydrogens is 385 g/mol. The number of rotatable bonds is 3. The molecule has 0 saturated carbocycles. The van der Waals surface area contributed by atoms with Gasteiger partial charge in [-0.05, 0) is 23.4 Å². The molecule has 3 aromatic heterocycles. The number of nitrogens with zero attached hydrogens (tertiary/aromatic N) is 5. The number of aromatic nitrogens is 5. The number of alkyl halides is 3. The van der Waals surface area contributed by atoms with E-state index in [4.69, 9.17) is 5.84 Å². The van der Waals surface area contributed by atoms with Crippen LogP contribution in [-0.4, -0.2) is 24.8 Å². The molecule has 0 bridgehead atoms. The Labute approximate surface area is 152 Å². The lowest BCUT2D eigenvalue weighted by Crippen LogP contribution is -2.21. The van der Waals surface area contributed by atoms with Crippen LogP contribution in [0.5, 0.6) is 0 Å². The summed E-state index contributed by atoms with van der Waals surface area (Å²) in [6.45, 7) is 0. The smallest absolute Gasteiger partial charge is 0.335 e. The van der Waals surface area contributed by atoms with Crippen LogP contribution < -0.4 is 5.84 Å². The number of halogens is 3. The number of hydrogen-bond acceptors (Lipinski definition) is 7. The molecule has 0 aliphatic carbocycles. The molecule has 0 amide bonds. The average molecular weight is 394 g/mol. The molecule has 0 unspecified atom stereocenters. The second kappa shape index (κ2) is 6.25. The second-order valence-corrected chi connectivity index (χ2v) is 7.14. The summed E-state index contributed by atoms with van der Waals surface area (Å²) in [6, 6.07) is 11.6. The summed E-state index contributed by atoms with van der Waals surface area (Å²) in [6.07, 6.45) is -3.32. The van der Waals surface area contributed by atoms with Crippen molar-refractivity contribution in [2.45, 2.75) is 16.4 Å². The third kappa shape index (κ3) is 2.99. The Kier molecular flexibility index (Phi) is 4.04. The third-order valence-corrected chi connectivity index (χ3v) is 5.53. The molecule has 0 aliphatic heterocycles. The zero-order chi connectivity index (χ0) is 18.3. The Bertz CT molecular complexity index is 1070. The number of nitrogen functional groups attached to an aromatic ring is 1. The van der Waals surface area contributed by atoms with Crippen LogP contribution >= 0.6 is 23.1 Å². The van der Waals surface area contributed by atoms with E-state index in [2.05, 4.69) is 20.2 Å². The van der Waals surface area contributed by atoms with Crippen molar-refractivity contribution in [3.63, 3.8) is 0 Å². The van der Waals surface area contributed by atoms with E-state index in [0.717, 1.165) is 32.4 Å². The molecule has 4 rings (SSSR count). The quantitative estimate of drug-likeness (QED) is 0.420. The van der Waals surface area contributed by atoms with Gasteiger partial charge in [0.1, 0.15) is 16.2 Å². The zero-order valence-electron chi connectivity index (χ0n) is 12.8. The third-order valence-electron chi connectivity index (χ3n) is 3.46. The summed E-state index contributed by atoms with van der Waals surface area (Å²) in [5.74, 6) is 4.22. The highest BCUT2D eigenvalue weighted by molar-refractivity contribution is 7.99. The molecule has 0 spiro atoms. The highest BCUT2D eigenvalue weighted by Crippen LogP contribution is 2.38. The van der Waals surface area contributed by atoms with Crippen molar-refractivity contribution < 1.29 is 13.2 Å². The van der Waals surface area contributed by atoms with E-state index in [1.165, 1.54) is 17.7 Å². The fourth-order valence-electron chi connectivity index (χ4n) is 2.29. The second-order valence-electron chi connectivity index (χ2n) is 5.15. The molecule has 0 aliphatic rings. The molecule has 11 heteroatoms. The first-order valence-corrected chi connectivity index (χ1v) is 8.82. The molecule has 26 heavy (non-hydrogen) atoms. The predicted octanol–water partition coefficient (Wildman–Crippen LogP) is 3.83. The van der Waals surface area contributed by atoms with E-state index in [1.54, 1.807) is 0 Å². The van der Waals surface area contributed by atoms with Gasteiger partial charge in [0, 0.05) is 10.3 Å². The minimum absolute atomic E-state index is 0.107. The molecule has 3 heterocycles. The maximum atomic E-state index is 12.8. The van der Waals surface area contributed by atoms with Crippen LogP contribution in [0.15, 0.2) is 52.9 Å². The summed E-state index contributed by atoms with van der Waals surface area (Å²) in [7, 11) is 0. The molecule has 0 atom stereocenters. The molecule has 4 aromatic rings. The topological polar surface area (TPSA) is 82.5 Å². The first kappa shape index (κ1) is 16.8. The normalized spacial score (nSPS) is 12.0. The number of thiophene rings is 1. The Morgan fingerprint density at radius 3 is 2.54 bits per heavy atom. The lowest BCUT2D eigenvalue weighted by molar-refractivity contribution is -0.146. The van der Waals surface area contributed by atoms with Gasteiger partial charge in [-0.2, -0.15) is 13.2 Å². The summed E-state index contributed by atoms with van der Waals surface area (Å²) in [5, 5.41) is 7.71. The van der Waals surface area contributed by atoms with Crippen molar-refractivity contribution in [3.05, 3.63) is 48.5 Å². The predicted molar refractivity (Wildman–Crippen MR) is 92.1 cm³/mol. The van der Waals surface area contributed by atoms with Gasteiger partial charge in [0.2, 0.25) is 5.16 Å². The fraction of sp³-hybridized carbons (Fsp3) is 0.0667. The summed E-state index contributed by atoms with van der Waals surface area (Å²) >= 11 is 2.38. The first-order valence-electron chi connectivity index (χ1n) is 7.19. The molecule has 0 fully saturated rings. The average Bonchev–Trinajstić information content (AvgIpc) is 3.20. The van der Waals surface area contributed by atoms with E-state index in [1.807, 2.05) is 36.4 Å². The van der Waals surface area contributed by atoms with Crippen LogP contribution in [0.4, 0.5) is 13.2 Å². The van der Waals surface area contributed by atoms with Crippen molar-refractivity contribution in [2.75, 3.05) is 5.84 Å². The van der Waals surface area contributed by atoms with Crippen LogP contribution in [0.2, 0.25) is 0 Å². The van der Waals surface area contributed by atoms with Crippen LogP contribution in [0, 0.1) is 0 Å². The first-order chi connectivity index (χ1) is 12.4. The van der Waals surface area contributed by atoms with Gasteiger partial charge < -0.3 is 5.84 Å². The fourth-order valence-corrected chi connectivity index (χ4v) is 4.16. The van der Waals surface area contributed by atoms with E-state index >= 15 is 0 Å². The highest BCUT2D eigenvalue weighted by Gasteiger charge is 2.38. The number of fused-ring (bicyclic) bond motifs is 1. The summed E-state index contributed by atoms with van der Waals surface area (Å²) in [5.41, 5.74) is 1.02. The zero-order valence-corrected chi connectivity index (χ0v) is 14.4. The van der Waals surface area contributed by atoms with Gasteiger partial charge in [-0.15, -0.1) is 21.5 Å². The molecule has 6 nitrogen and oxygen atoms in total. The highest BCUT2D eigenvalue weighted by atomic mass is 32.2. The SMILES string of the molecule is Nn1c(Sc2ncnc3sc(-c4ccccc4)cc23)nnc1C(F)(F)F. The van der Waals surface area contributed by atoms with Crippen LogP contribution in [-0.2, 0) is 6.18 Å². The molecule has 0 saturated heterocycles. The number of nitrogens with two attached hydrogens (primary N) is 1. The van der Waals surface area contributed by atoms with E-state index in [9.17, 15) is 13.2 Å². The lowest BCUT2D eigenvalue weighted by atomic mass is 10.2. The van der Waals surface area contributed by atoms with Gasteiger partial charge >= 0.3 is 6.18 Å². The monoisotopic (exact) mass is 394 g/mol.